The topological polar surface area (TPSA) is 109 Å². The molecule has 1 saturated carbocycles. The van der Waals surface area contributed by atoms with Crippen LogP contribution in [-0.4, -0.2) is 22.9 Å². The van der Waals surface area contributed by atoms with Gasteiger partial charge >= 0.3 is 5.97 Å². The van der Waals surface area contributed by atoms with E-state index in [1.807, 2.05) is 12.2 Å². The number of carbonyl (C=O) groups excluding carboxylic acids is 2. The van der Waals surface area contributed by atoms with Crippen LogP contribution >= 0.6 is 11.3 Å². The Labute approximate surface area is 149 Å². The summed E-state index contributed by atoms with van der Waals surface area (Å²) < 4.78 is 0. The van der Waals surface area contributed by atoms with Crippen molar-refractivity contribution in [2.45, 2.75) is 32.1 Å². The number of allylic oxidation sites excluding steroid dienone is 2. The summed E-state index contributed by atoms with van der Waals surface area (Å²) in [6.45, 7) is 0. The van der Waals surface area contributed by atoms with Crippen LogP contribution in [0, 0.1) is 23.7 Å². The summed E-state index contributed by atoms with van der Waals surface area (Å²) in [4.78, 5) is 37.6. The molecule has 2 amide bonds. The van der Waals surface area contributed by atoms with E-state index in [2.05, 4.69) is 5.32 Å². The van der Waals surface area contributed by atoms with Crippen LogP contribution in [0.15, 0.2) is 12.2 Å². The standard InChI is InChI=1S/C18H20N2O4S/c19-15(21)14-10-2-1-3-11(10)25-17(14)20-16(22)12-8-4-6-9(7-5-8)13(12)18(23)24/h4,6,8-9,12-13H,1-3,5,7H2,(H2,19,21)(H,20,22)(H,23,24). The Hall–Kier alpha value is -2.15. The van der Waals surface area contributed by atoms with E-state index in [9.17, 15) is 19.5 Å². The average molecular weight is 360 g/mol. The second kappa shape index (κ2) is 5.98. The van der Waals surface area contributed by atoms with Crippen molar-refractivity contribution < 1.29 is 19.5 Å². The van der Waals surface area contributed by atoms with Gasteiger partial charge in [0.05, 0.1) is 17.4 Å². The van der Waals surface area contributed by atoms with Crippen molar-refractivity contribution in [3.8, 4) is 0 Å². The van der Waals surface area contributed by atoms with Gasteiger partial charge in [-0.3, -0.25) is 14.4 Å². The number of hydrogen-bond acceptors (Lipinski definition) is 4. The molecule has 1 heterocycles. The summed E-state index contributed by atoms with van der Waals surface area (Å²) in [7, 11) is 0. The Balaban J connectivity index is 1.63. The largest absolute Gasteiger partial charge is 0.481 e. The number of carbonyl (C=O) groups is 3. The molecule has 25 heavy (non-hydrogen) atoms. The molecule has 2 bridgehead atoms. The van der Waals surface area contributed by atoms with Crippen molar-refractivity contribution >= 4 is 34.1 Å². The van der Waals surface area contributed by atoms with Crippen LogP contribution in [0.2, 0.25) is 0 Å². The summed E-state index contributed by atoms with van der Waals surface area (Å²) in [6, 6.07) is 0. The molecular formula is C18H20N2O4S. The number of hydrogen-bond donors (Lipinski definition) is 3. The maximum Gasteiger partial charge on any atom is 0.307 e. The van der Waals surface area contributed by atoms with Gasteiger partial charge < -0.3 is 16.2 Å². The zero-order valence-electron chi connectivity index (χ0n) is 13.7. The minimum absolute atomic E-state index is 0.0602. The lowest BCUT2D eigenvalue weighted by atomic mass is 9.62. The van der Waals surface area contributed by atoms with Gasteiger partial charge in [0.2, 0.25) is 5.91 Å². The minimum Gasteiger partial charge on any atom is -0.481 e. The Morgan fingerprint density at radius 3 is 2.40 bits per heavy atom. The van der Waals surface area contributed by atoms with Crippen molar-refractivity contribution in [3.63, 3.8) is 0 Å². The molecule has 0 spiro atoms. The second-order valence-electron chi connectivity index (χ2n) is 7.09. The molecule has 7 heteroatoms. The van der Waals surface area contributed by atoms with Crippen molar-refractivity contribution in [2.75, 3.05) is 5.32 Å². The van der Waals surface area contributed by atoms with Crippen LogP contribution in [0.1, 0.15) is 40.1 Å². The first-order valence-corrected chi connectivity index (χ1v) is 9.45. The number of carboxylic acid groups (broad SMARTS) is 1. The first-order chi connectivity index (χ1) is 12.0. The first kappa shape index (κ1) is 16.3. The number of anilines is 1. The van der Waals surface area contributed by atoms with Crippen LogP contribution in [-0.2, 0) is 22.4 Å². The highest BCUT2D eigenvalue weighted by Crippen LogP contribution is 2.46. The molecule has 6 nitrogen and oxygen atoms in total. The third-order valence-corrected chi connectivity index (χ3v) is 6.95. The summed E-state index contributed by atoms with van der Waals surface area (Å²) in [5, 5.41) is 12.9. The maximum atomic E-state index is 12.9. The molecule has 1 aromatic heterocycles. The van der Waals surface area contributed by atoms with Crippen LogP contribution in [0.4, 0.5) is 5.00 Å². The van der Waals surface area contributed by atoms with E-state index in [0.717, 1.165) is 42.5 Å². The number of nitrogens with one attached hydrogen (secondary N) is 1. The van der Waals surface area contributed by atoms with Crippen LogP contribution in [0.5, 0.6) is 0 Å². The fraction of sp³-hybridized carbons (Fsp3) is 0.500. The molecule has 5 rings (SSSR count). The Kier molecular flexibility index (Phi) is 3.91. The lowest BCUT2D eigenvalue weighted by Gasteiger charge is -2.41. The number of fused-ring (bicyclic) bond motifs is 3. The van der Waals surface area contributed by atoms with Crippen molar-refractivity contribution in [2.24, 2.45) is 29.4 Å². The van der Waals surface area contributed by atoms with Gasteiger partial charge in [0.1, 0.15) is 5.00 Å². The highest BCUT2D eigenvalue weighted by molar-refractivity contribution is 7.17. The molecule has 0 saturated heterocycles. The summed E-state index contributed by atoms with van der Waals surface area (Å²) in [5.41, 5.74) is 6.90. The van der Waals surface area contributed by atoms with E-state index in [-0.39, 0.29) is 17.7 Å². The van der Waals surface area contributed by atoms with Gasteiger partial charge in [0.25, 0.3) is 5.91 Å². The Bertz CT molecular complexity index is 797. The van der Waals surface area contributed by atoms with Gasteiger partial charge in [-0.05, 0) is 49.5 Å². The molecule has 4 aliphatic carbocycles. The summed E-state index contributed by atoms with van der Waals surface area (Å²) in [5.74, 6) is -3.23. The van der Waals surface area contributed by atoms with Crippen LogP contribution in [0.25, 0.3) is 0 Å². The molecule has 4 N–H and O–H groups in total. The monoisotopic (exact) mass is 360 g/mol. The number of aliphatic carboxylic acids is 1. The van der Waals surface area contributed by atoms with Crippen molar-refractivity contribution in [3.05, 3.63) is 28.2 Å². The Morgan fingerprint density at radius 1 is 1.12 bits per heavy atom. The molecule has 0 aliphatic heterocycles. The SMILES string of the molecule is NC(=O)c1c(NC(=O)C2C3C=CC(CC3)C2C(=O)O)sc2c1CCC2. The fourth-order valence-corrected chi connectivity index (χ4v) is 5.93. The second-order valence-corrected chi connectivity index (χ2v) is 8.20. The van der Waals surface area contributed by atoms with Crippen LogP contribution in [0.3, 0.4) is 0 Å². The first-order valence-electron chi connectivity index (χ1n) is 8.63. The van der Waals surface area contributed by atoms with E-state index in [0.29, 0.717) is 10.6 Å². The molecule has 0 radical (unpaired) electrons. The Morgan fingerprint density at radius 2 is 1.80 bits per heavy atom. The molecule has 4 unspecified atom stereocenters. The number of aryl methyl sites for hydroxylation is 1. The van der Waals surface area contributed by atoms with E-state index in [1.165, 1.54) is 11.3 Å². The van der Waals surface area contributed by atoms with Gasteiger partial charge in [-0.15, -0.1) is 11.3 Å². The van der Waals surface area contributed by atoms with Gasteiger partial charge in [-0.25, -0.2) is 0 Å². The summed E-state index contributed by atoms with van der Waals surface area (Å²) >= 11 is 1.40. The summed E-state index contributed by atoms with van der Waals surface area (Å²) in [6.07, 6.45) is 8.23. The number of rotatable bonds is 4. The highest BCUT2D eigenvalue weighted by atomic mass is 32.1. The quantitative estimate of drug-likeness (QED) is 0.715. The zero-order chi connectivity index (χ0) is 17.7. The molecule has 4 aliphatic rings. The fourth-order valence-electron chi connectivity index (χ4n) is 4.64. The molecule has 4 atom stereocenters. The molecule has 0 aromatic carbocycles. The lowest BCUT2D eigenvalue weighted by Crippen LogP contribution is -2.47. The number of carboxylic acids is 1. The van der Waals surface area contributed by atoms with Crippen molar-refractivity contribution in [1.29, 1.82) is 0 Å². The zero-order valence-corrected chi connectivity index (χ0v) is 14.5. The van der Waals surface area contributed by atoms with E-state index < -0.39 is 23.7 Å². The van der Waals surface area contributed by atoms with Gasteiger partial charge in [-0.1, -0.05) is 12.2 Å². The minimum atomic E-state index is -0.928. The average Bonchev–Trinajstić information content (AvgIpc) is 3.14. The third-order valence-electron chi connectivity index (χ3n) is 5.74. The molecule has 132 valence electrons. The predicted octanol–water partition coefficient (Wildman–Crippen LogP) is 2.19. The number of nitrogens with two attached hydrogens (primary N) is 1. The number of amides is 2. The lowest BCUT2D eigenvalue weighted by molar-refractivity contribution is -0.151. The highest BCUT2D eigenvalue weighted by Gasteiger charge is 2.48. The van der Waals surface area contributed by atoms with Gasteiger partial charge in [0, 0.05) is 4.88 Å². The maximum absolute atomic E-state index is 12.9. The van der Waals surface area contributed by atoms with Gasteiger partial charge in [0.15, 0.2) is 0 Å². The van der Waals surface area contributed by atoms with Crippen LogP contribution < -0.4 is 11.1 Å². The van der Waals surface area contributed by atoms with Crippen molar-refractivity contribution in [1.82, 2.24) is 0 Å². The van der Waals surface area contributed by atoms with E-state index in [1.54, 1.807) is 0 Å². The van der Waals surface area contributed by atoms with Gasteiger partial charge in [-0.2, -0.15) is 0 Å². The number of primary amides is 1. The van der Waals surface area contributed by atoms with E-state index in [4.69, 9.17) is 5.73 Å². The molecule has 1 fully saturated rings. The van der Waals surface area contributed by atoms with E-state index >= 15 is 0 Å². The normalized spacial score (nSPS) is 29.4. The molecular weight excluding hydrogens is 340 g/mol. The third kappa shape index (κ3) is 2.57. The number of thiophene rings is 1. The molecule has 1 aromatic rings. The predicted molar refractivity (Wildman–Crippen MR) is 93.5 cm³/mol. The smallest absolute Gasteiger partial charge is 0.307 e.